The molecule has 0 bridgehead atoms. The predicted molar refractivity (Wildman–Crippen MR) is 51.9 cm³/mol. The van der Waals surface area contributed by atoms with Crippen LogP contribution in [-0.4, -0.2) is 17.4 Å². The molecule has 1 aliphatic heterocycles. The molecule has 0 radical (unpaired) electrons. The second-order valence-corrected chi connectivity index (χ2v) is 3.12. The number of hydrogen-bond acceptors (Lipinski definition) is 3. The van der Waals surface area contributed by atoms with E-state index in [9.17, 15) is 0 Å². The number of aromatic hydroxyl groups is 1. The Balaban J connectivity index is 2.24. The van der Waals surface area contributed by atoms with Gasteiger partial charge in [-0.2, -0.15) is 5.10 Å². The third-order valence-electron chi connectivity index (χ3n) is 2.12. The summed E-state index contributed by atoms with van der Waals surface area (Å²) in [6.45, 7) is 0.960. The number of phenolic OH excluding ortho intramolecular Hbond substituents is 1. The Bertz CT molecular complexity index is 316. The summed E-state index contributed by atoms with van der Waals surface area (Å²) in [4.78, 5) is 0. The molecular weight excluding hydrogens is 164 g/mol. The van der Waals surface area contributed by atoms with Gasteiger partial charge in [0.2, 0.25) is 0 Å². The highest BCUT2D eigenvalue weighted by Gasteiger charge is 2.06. The highest BCUT2D eigenvalue weighted by Crippen LogP contribution is 2.13. The van der Waals surface area contributed by atoms with Crippen LogP contribution in [0.3, 0.4) is 0 Å². The Morgan fingerprint density at radius 1 is 1.23 bits per heavy atom. The smallest absolute Gasteiger partial charge is 0.115 e. The van der Waals surface area contributed by atoms with Crippen LogP contribution >= 0.6 is 0 Å². The van der Waals surface area contributed by atoms with Gasteiger partial charge in [-0.3, -0.25) is 0 Å². The van der Waals surface area contributed by atoms with Crippen molar-refractivity contribution in [3.8, 4) is 5.75 Å². The van der Waals surface area contributed by atoms with E-state index in [1.165, 1.54) is 0 Å². The minimum Gasteiger partial charge on any atom is -0.508 e. The van der Waals surface area contributed by atoms with Gasteiger partial charge < -0.3 is 10.5 Å². The van der Waals surface area contributed by atoms with E-state index < -0.39 is 0 Å². The molecule has 1 aromatic carbocycles. The lowest BCUT2D eigenvalue weighted by Crippen LogP contribution is -2.19. The molecule has 0 atom stereocenters. The molecule has 0 fully saturated rings. The molecule has 0 saturated heterocycles. The first-order valence-electron chi connectivity index (χ1n) is 4.45. The zero-order valence-corrected chi connectivity index (χ0v) is 7.33. The minimum atomic E-state index is 0.299. The molecule has 1 aliphatic rings. The van der Waals surface area contributed by atoms with Crippen LogP contribution in [0.2, 0.25) is 0 Å². The van der Waals surface area contributed by atoms with Gasteiger partial charge in [0, 0.05) is 6.54 Å². The molecule has 1 aromatic rings. The van der Waals surface area contributed by atoms with E-state index in [4.69, 9.17) is 5.11 Å². The maximum Gasteiger partial charge on any atom is 0.115 e. The second kappa shape index (κ2) is 3.47. The molecule has 0 aliphatic carbocycles. The fraction of sp³-hybridized carbons (Fsp3) is 0.300. The van der Waals surface area contributed by atoms with Crippen molar-refractivity contribution in [3.05, 3.63) is 29.8 Å². The zero-order chi connectivity index (χ0) is 9.10. The van der Waals surface area contributed by atoms with Crippen LogP contribution in [0.25, 0.3) is 0 Å². The second-order valence-electron chi connectivity index (χ2n) is 3.12. The highest BCUT2D eigenvalue weighted by atomic mass is 16.3. The summed E-state index contributed by atoms with van der Waals surface area (Å²) in [6, 6.07) is 7.15. The number of phenols is 1. The molecule has 2 N–H and O–H groups in total. The molecule has 13 heavy (non-hydrogen) atoms. The number of benzene rings is 1. The highest BCUT2D eigenvalue weighted by molar-refractivity contribution is 6.00. The Labute approximate surface area is 77.1 Å². The summed E-state index contributed by atoms with van der Waals surface area (Å²) < 4.78 is 0. The average Bonchev–Trinajstić information content (AvgIpc) is 2.20. The summed E-state index contributed by atoms with van der Waals surface area (Å²) in [7, 11) is 0. The number of hydrogen-bond donors (Lipinski definition) is 2. The number of hydrazone groups is 1. The first kappa shape index (κ1) is 8.10. The van der Waals surface area contributed by atoms with Gasteiger partial charge in [-0.25, -0.2) is 0 Å². The molecule has 0 spiro atoms. The Morgan fingerprint density at radius 2 is 2.00 bits per heavy atom. The normalized spacial score (nSPS) is 16.2. The zero-order valence-electron chi connectivity index (χ0n) is 7.33. The molecule has 0 aromatic heterocycles. The van der Waals surface area contributed by atoms with Crippen molar-refractivity contribution in [3.63, 3.8) is 0 Å². The van der Waals surface area contributed by atoms with E-state index in [2.05, 4.69) is 10.5 Å². The van der Waals surface area contributed by atoms with Crippen molar-refractivity contribution < 1.29 is 5.11 Å². The van der Waals surface area contributed by atoms with E-state index in [1.807, 2.05) is 12.1 Å². The number of rotatable bonds is 1. The maximum atomic E-state index is 9.10. The largest absolute Gasteiger partial charge is 0.508 e. The van der Waals surface area contributed by atoms with Crippen LogP contribution in [0.15, 0.2) is 29.4 Å². The van der Waals surface area contributed by atoms with Crippen LogP contribution in [0.5, 0.6) is 5.75 Å². The summed E-state index contributed by atoms with van der Waals surface area (Å²) in [5.41, 5.74) is 5.14. The first-order chi connectivity index (χ1) is 6.36. The van der Waals surface area contributed by atoms with Gasteiger partial charge in [-0.15, -0.1) is 0 Å². The van der Waals surface area contributed by atoms with E-state index in [1.54, 1.807) is 12.1 Å². The van der Waals surface area contributed by atoms with Gasteiger partial charge in [-0.1, -0.05) is 0 Å². The van der Waals surface area contributed by atoms with Crippen molar-refractivity contribution in [1.82, 2.24) is 5.43 Å². The summed E-state index contributed by atoms with van der Waals surface area (Å²) >= 11 is 0. The lowest BCUT2D eigenvalue weighted by molar-refractivity contribution is 0.475. The van der Waals surface area contributed by atoms with Crippen LogP contribution in [-0.2, 0) is 0 Å². The summed E-state index contributed by atoms with van der Waals surface area (Å²) in [6.07, 6.45) is 2.14. The van der Waals surface area contributed by atoms with Gasteiger partial charge in [0.05, 0.1) is 5.71 Å². The SMILES string of the molecule is Oc1ccc(C2=NNCCC2)cc1. The van der Waals surface area contributed by atoms with Crippen molar-refractivity contribution >= 4 is 5.71 Å². The van der Waals surface area contributed by atoms with Gasteiger partial charge in [0.1, 0.15) is 5.75 Å². The maximum absolute atomic E-state index is 9.10. The van der Waals surface area contributed by atoms with E-state index in [0.29, 0.717) is 5.75 Å². The third-order valence-corrected chi connectivity index (χ3v) is 2.12. The van der Waals surface area contributed by atoms with Gasteiger partial charge in [0.15, 0.2) is 0 Å². The van der Waals surface area contributed by atoms with E-state index in [0.717, 1.165) is 30.7 Å². The lowest BCUT2D eigenvalue weighted by atomic mass is 10.0. The Kier molecular flexibility index (Phi) is 2.17. The van der Waals surface area contributed by atoms with Gasteiger partial charge in [0.25, 0.3) is 0 Å². The van der Waals surface area contributed by atoms with E-state index >= 15 is 0 Å². The van der Waals surface area contributed by atoms with Crippen LogP contribution < -0.4 is 5.43 Å². The summed E-state index contributed by atoms with van der Waals surface area (Å²) in [5.74, 6) is 0.299. The van der Waals surface area contributed by atoms with Crippen LogP contribution in [0.4, 0.5) is 0 Å². The monoisotopic (exact) mass is 176 g/mol. The molecule has 1 heterocycles. The van der Waals surface area contributed by atoms with Crippen LogP contribution in [0, 0.1) is 0 Å². The molecule has 0 amide bonds. The van der Waals surface area contributed by atoms with Crippen molar-refractivity contribution in [2.75, 3.05) is 6.54 Å². The third kappa shape index (κ3) is 1.80. The minimum absolute atomic E-state index is 0.299. The predicted octanol–water partition coefficient (Wildman–Crippen LogP) is 1.48. The fourth-order valence-corrected chi connectivity index (χ4v) is 1.40. The molecule has 3 heteroatoms. The molecule has 0 unspecified atom stereocenters. The Hall–Kier alpha value is -1.51. The fourth-order valence-electron chi connectivity index (χ4n) is 1.40. The topological polar surface area (TPSA) is 44.6 Å². The van der Waals surface area contributed by atoms with Gasteiger partial charge in [-0.05, 0) is 42.7 Å². The molecule has 2 rings (SSSR count). The lowest BCUT2D eigenvalue weighted by Gasteiger charge is -2.12. The van der Waals surface area contributed by atoms with Crippen LogP contribution in [0.1, 0.15) is 18.4 Å². The number of nitrogens with zero attached hydrogens (tertiary/aromatic N) is 1. The molecule has 0 saturated carbocycles. The number of nitrogens with one attached hydrogen (secondary N) is 1. The average molecular weight is 176 g/mol. The Morgan fingerprint density at radius 3 is 2.62 bits per heavy atom. The van der Waals surface area contributed by atoms with Gasteiger partial charge >= 0.3 is 0 Å². The van der Waals surface area contributed by atoms with Crippen molar-refractivity contribution in [2.24, 2.45) is 5.10 Å². The molecule has 68 valence electrons. The van der Waals surface area contributed by atoms with Crippen molar-refractivity contribution in [1.29, 1.82) is 0 Å². The van der Waals surface area contributed by atoms with Crippen molar-refractivity contribution in [2.45, 2.75) is 12.8 Å². The summed E-state index contributed by atoms with van der Waals surface area (Å²) in [5, 5.41) is 13.3. The quantitative estimate of drug-likeness (QED) is 0.680. The molecule has 3 nitrogen and oxygen atoms in total. The standard InChI is InChI=1S/C10H12N2O/c13-9-5-3-8(4-6-9)10-2-1-7-11-12-10/h3-6,11,13H,1-2,7H2. The first-order valence-corrected chi connectivity index (χ1v) is 4.45. The molecular formula is C10H12N2O. The van der Waals surface area contributed by atoms with E-state index in [-0.39, 0.29) is 0 Å².